The van der Waals surface area contributed by atoms with E-state index in [1.54, 1.807) is 0 Å². The van der Waals surface area contributed by atoms with Gasteiger partial charge in [0.15, 0.2) is 5.78 Å². The zero-order valence-corrected chi connectivity index (χ0v) is 11.6. The Morgan fingerprint density at radius 3 is 2.37 bits per heavy atom. The Morgan fingerprint density at radius 1 is 1.05 bits per heavy atom. The molecule has 0 aliphatic rings. The topological polar surface area (TPSA) is 26.3 Å². The van der Waals surface area contributed by atoms with Gasteiger partial charge in [0.05, 0.1) is 6.61 Å². The number of carbonyl (C=O) groups is 1. The van der Waals surface area contributed by atoms with E-state index >= 15 is 0 Å². The minimum atomic E-state index is 0.0408. The minimum Gasteiger partial charge on any atom is -0.494 e. The minimum absolute atomic E-state index is 0.0408. The predicted molar refractivity (Wildman–Crippen MR) is 77.0 cm³/mol. The zero-order chi connectivity index (χ0) is 13.8. The number of carbonyl (C=O) groups excluding carboxylic acids is 1. The summed E-state index contributed by atoms with van der Waals surface area (Å²) in [7, 11) is 0. The van der Waals surface area contributed by atoms with Gasteiger partial charge in [0.25, 0.3) is 0 Å². The Morgan fingerprint density at radius 2 is 1.74 bits per heavy atom. The van der Waals surface area contributed by atoms with Gasteiger partial charge in [-0.1, -0.05) is 36.4 Å². The van der Waals surface area contributed by atoms with Gasteiger partial charge in [-0.25, -0.2) is 0 Å². The summed E-state index contributed by atoms with van der Waals surface area (Å²) in [4.78, 5) is 12.5. The molecule has 98 valence electrons. The standard InChI is InChI=1S/C17H18O2/c1-4-19-16-11-15(12(2)10-13(16)3)17(18)14-8-6-5-7-9-14/h5-11H,4H2,1-3H3. The molecule has 2 heteroatoms. The number of hydrogen-bond donors (Lipinski definition) is 0. The van der Waals surface area contributed by atoms with Crippen LogP contribution >= 0.6 is 0 Å². The molecule has 0 atom stereocenters. The molecular formula is C17H18O2. The fourth-order valence-corrected chi connectivity index (χ4v) is 2.13. The van der Waals surface area contributed by atoms with Crippen LogP contribution in [0.1, 0.15) is 34.0 Å². The highest BCUT2D eigenvalue weighted by molar-refractivity contribution is 6.10. The molecule has 0 heterocycles. The fourth-order valence-electron chi connectivity index (χ4n) is 2.13. The second-order valence-corrected chi connectivity index (χ2v) is 4.56. The summed E-state index contributed by atoms with van der Waals surface area (Å²) in [5, 5.41) is 0. The van der Waals surface area contributed by atoms with Crippen molar-refractivity contribution in [2.45, 2.75) is 20.8 Å². The van der Waals surface area contributed by atoms with Crippen LogP contribution in [0.4, 0.5) is 0 Å². The second-order valence-electron chi connectivity index (χ2n) is 4.56. The van der Waals surface area contributed by atoms with Gasteiger partial charge in [0.1, 0.15) is 5.75 Å². The lowest BCUT2D eigenvalue weighted by Crippen LogP contribution is -2.05. The lowest BCUT2D eigenvalue weighted by Gasteiger charge is -2.12. The van der Waals surface area contributed by atoms with Gasteiger partial charge in [-0.15, -0.1) is 0 Å². The van der Waals surface area contributed by atoms with Gasteiger partial charge in [-0.2, -0.15) is 0 Å². The highest BCUT2D eigenvalue weighted by Crippen LogP contribution is 2.24. The van der Waals surface area contributed by atoms with Crippen LogP contribution in [0.5, 0.6) is 5.75 Å². The van der Waals surface area contributed by atoms with Crippen molar-refractivity contribution in [2.75, 3.05) is 6.61 Å². The summed E-state index contributed by atoms with van der Waals surface area (Å²) >= 11 is 0. The van der Waals surface area contributed by atoms with E-state index in [2.05, 4.69) is 0 Å². The molecule has 2 aromatic rings. The fraction of sp³-hybridized carbons (Fsp3) is 0.235. The number of hydrogen-bond acceptors (Lipinski definition) is 2. The molecule has 0 aliphatic carbocycles. The van der Waals surface area contributed by atoms with Crippen LogP contribution in [0.15, 0.2) is 42.5 Å². The molecule has 0 saturated carbocycles. The second kappa shape index (κ2) is 5.70. The van der Waals surface area contributed by atoms with Crippen molar-refractivity contribution in [3.63, 3.8) is 0 Å². The Labute approximate surface area is 114 Å². The van der Waals surface area contributed by atoms with Crippen LogP contribution in [0.2, 0.25) is 0 Å². The molecular weight excluding hydrogens is 236 g/mol. The van der Waals surface area contributed by atoms with Crippen LogP contribution < -0.4 is 4.74 Å². The van der Waals surface area contributed by atoms with Crippen LogP contribution in [0.25, 0.3) is 0 Å². The first-order valence-corrected chi connectivity index (χ1v) is 6.47. The molecule has 0 fully saturated rings. The van der Waals surface area contributed by atoms with Gasteiger partial charge in [-0.05, 0) is 38.0 Å². The summed E-state index contributed by atoms with van der Waals surface area (Å²) in [6.07, 6.45) is 0. The number of benzene rings is 2. The molecule has 0 aromatic heterocycles. The molecule has 0 amide bonds. The van der Waals surface area contributed by atoms with Gasteiger partial charge < -0.3 is 4.74 Å². The summed E-state index contributed by atoms with van der Waals surface area (Å²) in [5.41, 5.74) is 3.45. The van der Waals surface area contributed by atoms with E-state index in [9.17, 15) is 4.79 Å². The largest absolute Gasteiger partial charge is 0.494 e. The number of aryl methyl sites for hydroxylation is 2. The van der Waals surface area contributed by atoms with Crippen LogP contribution in [0.3, 0.4) is 0 Å². The van der Waals surface area contributed by atoms with E-state index in [-0.39, 0.29) is 5.78 Å². The maximum atomic E-state index is 12.5. The molecule has 0 bridgehead atoms. The highest BCUT2D eigenvalue weighted by Gasteiger charge is 2.14. The smallest absolute Gasteiger partial charge is 0.193 e. The number of ketones is 1. The van der Waals surface area contributed by atoms with E-state index in [1.807, 2.05) is 63.2 Å². The zero-order valence-electron chi connectivity index (χ0n) is 11.6. The third-order valence-corrected chi connectivity index (χ3v) is 3.10. The van der Waals surface area contributed by atoms with Gasteiger partial charge >= 0.3 is 0 Å². The van der Waals surface area contributed by atoms with Gasteiger partial charge in [0, 0.05) is 11.1 Å². The summed E-state index contributed by atoms with van der Waals surface area (Å²) in [6.45, 7) is 6.49. The van der Waals surface area contributed by atoms with Gasteiger partial charge in [-0.3, -0.25) is 4.79 Å². The average molecular weight is 254 g/mol. The van der Waals surface area contributed by atoms with E-state index < -0.39 is 0 Å². The number of ether oxygens (including phenoxy) is 1. The third-order valence-electron chi connectivity index (χ3n) is 3.10. The molecule has 0 N–H and O–H groups in total. The number of rotatable bonds is 4. The molecule has 0 spiro atoms. The van der Waals surface area contributed by atoms with Crippen molar-refractivity contribution in [1.29, 1.82) is 0 Å². The molecule has 19 heavy (non-hydrogen) atoms. The molecule has 2 nitrogen and oxygen atoms in total. The van der Waals surface area contributed by atoms with Crippen molar-refractivity contribution in [1.82, 2.24) is 0 Å². The lowest BCUT2D eigenvalue weighted by atomic mass is 9.97. The van der Waals surface area contributed by atoms with Crippen LogP contribution in [0, 0.1) is 13.8 Å². The van der Waals surface area contributed by atoms with E-state index in [1.165, 1.54) is 0 Å². The predicted octanol–water partition coefficient (Wildman–Crippen LogP) is 3.93. The van der Waals surface area contributed by atoms with Crippen LogP contribution in [-0.4, -0.2) is 12.4 Å². The summed E-state index contributed by atoms with van der Waals surface area (Å²) in [5.74, 6) is 0.825. The lowest BCUT2D eigenvalue weighted by molar-refractivity contribution is 0.103. The third kappa shape index (κ3) is 2.84. The molecule has 0 aliphatic heterocycles. The SMILES string of the molecule is CCOc1cc(C(=O)c2ccccc2)c(C)cc1C. The van der Waals surface area contributed by atoms with Gasteiger partial charge in [0.2, 0.25) is 0 Å². The first-order chi connectivity index (χ1) is 9.13. The van der Waals surface area contributed by atoms with E-state index in [4.69, 9.17) is 4.74 Å². The van der Waals surface area contributed by atoms with Crippen molar-refractivity contribution >= 4 is 5.78 Å². The van der Waals surface area contributed by atoms with Crippen molar-refractivity contribution in [3.8, 4) is 5.75 Å². The first kappa shape index (κ1) is 13.3. The average Bonchev–Trinajstić information content (AvgIpc) is 2.42. The normalized spacial score (nSPS) is 10.3. The monoisotopic (exact) mass is 254 g/mol. The van der Waals surface area contributed by atoms with E-state index in [0.29, 0.717) is 17.7 Å². The highest BCUT2D eigenvalue weighted by atomic mass is 16.5. The van der Waals surface area contributed by atoms with Crippen molar-refractivity contribution < 1.29 is 9.53 Å². The Kier molecular flexibility index (Phi) is 4.00. The van der Waals surface area contributed by atoms with Crippen molar-refractivity contribution in [3.05, 3.63) is 64.7 Å². The molecule has 0 saturated heterocycles. The quantitative estimate of drug-likeness (QED) is 0.773. The Hall–Kier alpha value is -2.09. The summed E-state index contributed by atoms with van der Waals surface area (Å²) < 4.78 is 5.57. The maximum absolute atomic E-state index is 12.5. The van der Waals surface area contributed by atoms with Crippen molar-refractivity contribution in [2.24, 2.45) is 0 Å². The molecule has 2 aromatic carbocycles. The molecule has 2 rings (SSSR count). The Bertz CT molecular complexity index is 586. The molecule has 0 radical (unpaired) electrons. The Balaban J connectivity index is 2.45. The van der Waals surface area contributed by atoms with Crippen LogP contribution in [-0.2, 0) is 0 Å². The first-order valence-electron chi connectivity index (χ1n) is 6.47. The summed E-state index contributed by atoms with van der Waals surface area (Å²) in [6, 6.07) is 13.2. The maximum Gasteiger partial charge on any atom is 0.193 e. The molecule has 0 unspecified atom stereocenters. The van der Waals surface area contributed by atoms with E-state index in [0.717, 1.165) is 16.9 Å².